The van der Waals surface area contributed by atoms with E-state index in [1.54, 1.807) is 0 Å². The predicted octanol–water partition coefficient (Wildman–Crippen LogP) is 1.36. The number of amides is 1. The fraction of sp³-hybridized carbons (Fsp3) is 0.462. The molecule has 1 amide bonds. The maximum atomic E-state index is 11.9. The summed E-state index contributed by atoms with van der Waals surface area (Å²) in [5, 5.41) is 6.07. The van der Waals surface area contributed by atoms with Crippen LogP contribution >= 0.6 is 15.9 Å². The Balaban J connectivity index is 1.90. The molecule has 0 spiro atoms. The van der Waals surface area contributed by atoms with Gasteiger partial charge < -0.3 is 15.4 Å². The van der Waals surface area contributed by atoms with E-state index in [0.717, 1.165) is 16.6 Å². The topological polar surface area (TPSA) is 50.4 Å². The van der Waals surface area contributed by atoms with Crippen LogP contribution in [-0.4, -0.2) is 31.7 Å². The number of carbonyl (C=O) groups is 1. The number of morpholine rings is 1. The summed E-state index contributed by atoms with van der Waals surface area (Å²) in [6, 6.07) is 5.83. The summed E-state index contributed by atoms with van der Waals surface area (Å²) in [7, 11) is 0. The number of hydrogen-bond acceptors (Lipinski definition) is 3. The molecule has 1 saturated heterocycles. The minimum atomic E-state index is -0.230. The lowest BCUT2D eigenvalue weighted by Crippen LogP contribution is -2.51. The zero-order chi connectivity index (χ0) is 13.0. The summed E-state index contributed by atoms with van der Waals surface area (Å²) in [6.45, 7) is 4.43. The Kier molecular flexibility index (Phi) is 4.74. The van der Waals surface area contributed by atoms with Gasteiger partial charge in [0.1, 0.15) is 6.04 Å². The second-order valence-electron chi connectivity index (χ2n) is 4.37. The molecule has 5 heteroatoms. The Morgan fingerprint density at radius 1 is 1.61 bits per heavy atom. The van der Waals surface area contributed by atoms with Gasteiger partial charge in [-0.15, -0.1) is 0 Å². The highest BCUT2D eigenvalue weighted by molar-refractivity contribution is 9.10. The van der Waals surface area contributed by atoms with Gasteiger partial charge in [-0.05, 0) is 30.2 Å². The summed E-state index contributed by atoms with van der Waals surface area (Å²) in [5.41, 5.74) is 2.29. The molecule has 0 aromatic heterocycles. The van der Waals surface area contributed by atoms with Crippen LogP contribution in [0.2, 0.25) is 0 Å². The molecule has 1 aromatic rings. The van der Waals surface area contributed by atoms with Crippen LogP contribution in [0.5, 0.6) is 0 Å². The van der Waals surface area contributed by atoms with Crippen LogP contribution in [-0.2, 0) is 16.1 Å². The Morgan fingerprint density at radius 2 is 2.44 bits per heavy atom. The molecule has 1 aliphatic rings. The summed E-state index contributed by atoms with van der Waals surface area (Å²) >= 11 is 3.43. The van der Waals surface area contributed by atoms with Gasteiger partial charge in [-0.2, -0.15) is 0 Å². The highest BCUT2D eigenvalue weighted by atomic mass is 79.9. The van der Waals surface area contributed by atoms with Gasteiger partial charge in [-0.1, -0.05) is 22.0 Å². The molecule has 1 fully saturated rings. The van der Waals surface area contributed by atoms with Crippen molar-refractivity contribution in [3.05, 3.63) is 33.8 Å². The molecule has 0 aliphatic carbocycles. The molecule has 18 heavy (non-hydrogen) atoms. The molecule has 0 bridgehead atoms. The van der Waals surface area contributed by atoms with E-state index in [4.69, 9.17) is 4.74 Å². The fourth-order valence-electron chi connectivity index (χ4n) is 1.87. The van der Waals surface area contributed by atoms with Gasteiger partial charge in [0.05, 0.1) is 13.2 Å². The minimum Gasteiger partial charge on any atom is -0.378 e. The third-order valence-electron chi connectivity index (χ3n) is 3.00. The molecule has 0 radical (unpaired) electrons. The number of halogens is 1. The van der Waals surface area contributed by atoms with Gasteiger partial charge in [-0.25, -0.2) is 0 Å². The SMILES string of the molecule is Cc1ccc(Br)cc1CNC(=O)C1COCCN1. The van der Waals surface area contributed by atoms with Gasteiger partial charge in [0, 0.05) is 17.6 Å². The molecule has 1 unspecified atom stereocenters. The summed E-state index contributed by atoms with van der Waals surface area (Å²) < 4.78 is 6.29. The van der Waals surface area contributed by atoms with E-state index in [-0.39, 0.29) is 11.9 Å². The number of aryl methyl sites for hydroxylation is 1. The lowest BCUT2D eigenvalue weighted by Gasteiger charge is -2.23. The molecule has 1 aliphatic heterocycles. The van der Waals surface area contributed by atoms with Crippen LogP contribution in [0.4, 0.5) is 0 Å². The van der Waals surface area contributed by atoms with Crippen LogP contribution in [0.1, 0.15) is 11.1 Å². The molecular weight excluding hydrogens is 296 g/mol. The first-order valence-corrected chi connectivity index (χ1v) is 6.80. The van der Waals surface area contributed by atoms with Crippen LogP contribution in [0.3, 0.4) is 0 Å². The highest BCUT2D eigenvalue weighted by Gasteiger charge is 2.20. The van der Waals surface area contributed by atoms with Crippen molar-refractivity contribution in [1.29, 1.82) is 0 Å². The standard InChI is InChI=1S/C13H17BrN2O2/c1-9-2-3-11(14)6-10(9)7-16-13(17)12-8-18-5-4-15-12/h2-3,6,12,15H,4-5,7-8H2,1H3,(H,16,17). The van der Waals surface area contributed by atoms with Crippen LogP contribution < -0.4 is 10.6 Å². The minimum absolute atomic E-state index is 0.00549. The Hall–Kier alpha value is -0.910. The average Bonchev–Trinajstić information content (AvgIpc) is 2.40. The first kappa shape index (κ1) is 13.5. The van der Waals surface area contributed by atoms with E-state index < -0.39 is 0 Å². The fourth-order valence-corrected chi connectivity index (χ4v) is 2.28. The number of rotatable bonds is 3. The average molecular weight is 313 g/mol. The maximum absolute atomic E-state index is 11.9. The van der Waals surface area contributed by atoms with Crippen molar-refractivity contribution in [3.63, 3.8) is 0 Å². The zero-order valence-corrected chi connectivity index (χ0v) is 11.9. The number of benzene rings is 1. The molecule has 0 saturated carbocycles. The van der Waals surface area contributed by atoms with Crippen molar-refractivity contribution < 1.29 is 9.53 Å². The molecule has 1 atom stereocenters. The molecule has 1 aromatic carbocycles. The molecule has 1 heterocycles. The van der Waals surface area contributed by atoms with Crippen molar-refractivity contribution in [2.24, 2.45) is 0 Å². The molecule has 2 N–H and O–H groups in total. The Morgan fingerprint density at radius 3 is 3.17 bits per heavy atom. The van der Waals surface area contributed by atoms with E-state index in [1.165, 1.54) is 5.56 Å². The van der Waals surface area contributed by atoms with E-state index in [2.05, 4.69) is 26.6 Å². The van der Waals surface area contributed by atoms with Crippen molar-refractivity contribution in [1.82, 2.24) is 10.6 Å². The van der Waals surface area contributed by atoms with E-state index >= 15 is 0 Å². The van der Waals surface area contributed by atoms with Gasteiger partial charge in [0.2, 0.25) is 5.91 Å². The van der Waals surface area contributed by atoms with Gasteiger partial charge in [0.15, 0.2) is 0 Å². The van der Waals surface area contributed by atoms with Crippen molar-refractivity contribution in [3.8, 4) is 0 Å². The Bertz CT molecular complexity index is 431. The maximum Gasteiger partial charge on any atom is 0.239 e. The highest BCUT2D eigenvalue weighted by Crippen LogP contribution is 2.15. The quantitative estimate of drug-likeness (QED) is 0.886. The first-order chi connectivity index (χ1) is 8.66. The van der Waals surface area contributed by atoms with Crippen LogP contribution in [0.25, 0.3) is 0 Å². The second-order valence-corrected chi connectivity index (χ2v) is 5.29. The third kappa shape index (κ3) is 3.54. The number of hydrogen-bond donors (Lipinski definition) is 2. The lowest BCUT2D eigenvalue weighted by molar-refractivity contribution is -0.126. The molecule has 2 rings (SSSR count). The summed E-state index contributed by atoms with van der Waals surface area (Å²) in [6.07, 6.45) is 0. The predicted molar refractivity (Wildman–Crippen MR) is 73.3 cm³/mol. The summed E-state index contributed by atoms with van der Waals surface area (Å²) in [4.78, 5) is 11.9. The van der Waals surface area contributed by atoms with Crippen LogP contribution in [0, 0.1) is 6.92 Å². The van der Waals surface area contributed by atoms with Crippen molar-refractivity contribution in [2.75, 3.05) is 19.8 Å². The lowest BCUT2D eigenvalue weighted by atomic mass is 10.1. The number of carbonyl (C=O) groups excluding carboxylic acids is 1. The normalized spacial score (nSPS) is 19.6. The monoisotopic (exact) mass is 312 g/mol. The van der Waals surface area contributed by atoms with Gasteiger partial charge in [-0.3, -0.25) is 4.79 Å². The van der Waals surface area contributed by atoms with Gasteiger partial charge in [0.25, 0.3) is 0 Å². The smallest absolute Gasteiger partial charge is 0.239 e. The summed E-state index contributed by atoms with van der Waals surface area (Å²) in [5.74, 6) is -0.00549. The van der Waals surface area contributed by atoms with Gasteiger partial charge >= 0.3 is 0 Å². The number of ether oxygens (including phenoxy) is 1. The van der Waals surface area contributed by atoms with E-state index in [0.29, 0.717) is 19.8 Å². The third-order valence-corrected chi connectivity index (χ3v) is 3.50. The van der Waals surface area contributed by atoms with E-state index in [1.807, 2.05) is 25.1 Å². The zero-order valence-electron chi connectivity index (χ0n) is 10.3. The molecule has 4 nitrogen and oxygen atoms in total. The molecule has 98 valence electrons. The largest absolute Gasteiger partial charge is 0.378 e. The second kappa shape index (κ2) is 6.31. The molecular formula is C13H17BrN2O2. The number of nitrogens with one attached hydrogen (secondary N) is 2. The first-order valence-electron chi connectivity index (χ1n) is 6.00. The Labute approximate surface area is 115 Å². The van der Waals surface area contributed by atoms with Crippen molar-refractivity contribution in [2.45, 2.75) is 19.5 Å². The van der Waals surface area contributed by atoms with Crippen LogP contribution in [0.15, 0.2) is 22.7 Å². The van der Waals surface area contributed by atoms with E-state index in [9.17, 15) is 4.79 Å². The van der Waals surface area contributed by atoms with Crippen molar-refractivity contribution >= 4 is 21.8 Å².